The zero-order valence-electron chi connectivity index (χ0n) is 20.1. The average molecular weight is 489 g/mol. The molecule has 2 fully saturated rings. The van der Waals surface area contributed by atoms with E-state index in [0.29, 0.717) is 24.6 Å². The van der Waals surface area contributed by atoms with Crippen molar-refractivity contribution in [2.75, 3.05) is 52.9 Å². The van der Waals surface area contributed by atoms with Gasteiger partial charge in [-0.1, -0.05) is 11.6 Å². The molecule has 184 valence electrons. The maximum absolute atomic E-state index is 13.4. The number of piperidine rings is 1. The number of hydrogen-bond acceptors (Lipinski definition) is 5. The number of hydrogen-bond donors (Lipinski definition) is 0. The number of likely N-dealkylation sites (tertiary alicyclic amines) is 1. The number of halogens is 2. The summed E-state index contributed by atoms with van der Waals surface area (Å²) >= 11 is 6.18. The molecule has 0 spiro atoms. The Labute approximate surface area is 206 Å². The Balaban J connectivity index is 1.49. The fourth-order valence-corrected chi connectivity index (χ4v) is 5.04. The molecule has 0 N–H and O–H groups in total. The van der Waals surface area contributed by atoms with Crippen LogP contribution in [0.25, 0.3) is 0 Å². The molecule has 2 aliphatic heterocycles. The normalized spacial score (nSPS) is 22.1. The van der Waals surface area contributed by atoms with Gasteiger partial charge in [0.2, 0.25) is 5.91 Å². The number of carbonyl (C=O) groups excluding carboxylic acids is 1. The summed E-state index contributed by atoms with van der Waals surface area (Å²) in [4.78, 5) is 24.2. The highest BCUT2D eigenvalue weighted by Crippen LogP contribution is 2.36. The number of aryl methyl sites for hydroxylation is 1. The molecule has 4 rings (SSSR count). The highest BCUT2D eigenvalue weighted by Gasteiger charge is 2.40. The van der Waals surface area contributed by atoms with Crippen LogP contribution in [0.5, 0.6) is 5.75 Å². The van der Waals surface area contributed by atoms with Crippen molar-refractivity contribution in [1.29, 1.82) is 0 Å². The maximum atomic E-state index is 13.4. The van der Waals surface area contributed by atoms with Gasteiger partial charge in [0.1, 0.15) is 11.6 Å². The molecular weight excluding hydrogens is 455 g/mol. The quantitative estimate of drug-likeness (QED) is 0.589. The zero-order chi connectivity index (χ0) is 24.1. The van der Waals surface area contributed by atoms with Crippen molar-refractivity contribution in [3.05, 3.63) is 58.6 Å². The Morgan fingerprint density at radius 1 is 1.18 bits per heavy atom. The van der Waals surface area contributed by atoms with E-state index in [0.717, 1.165) is 69.1 Å². The largest absolute Gasteiger partial charge is 0.493 e. The minimum Gasteiger partial charge on any atom is -0.493 e. The van der Waals surface area contributed by atoms with Crippen LogP contribution in [0.2, 0.25) is 5.02 Å². The first-order chi connectivity index (χ1) is 16.3. The van der Waals surface area contributed by atoms with Gasteiger partial charge in [0.25, 0.3) is 0 Å². The van der Waals surface area contributed by atoms with Crippen LogP contribution >= 0.6 is 11.6 Å². The van der Waals surface area contributed by atoms with Crippen LogP contribution in [0.4, 0.5) is 4.39 Å². The fourth-order valence-electron chi connectivity index (χ4n) is 4.92. The van der Waals surface area contributed by atoms with E-state index in [-0.39, 0.29) is 17.1 Å². The van der Waals surface area contributed by atoms with Crippen LogP contribution in [0.1, 0.15) is 30.5 Å². The first-order valence-electron chi connectivity index (χ1n) is 12.0. The summed E-state index contributed by atoms with van der Waals surface area (Å²) in [6.45, 7) is 8.05. The highest BCUT2D eigenvalue weighted by atomic mass is 35.5. The van der Waals surface area contributed by atoms with Crippen LogP contribution in [0, 0.1) is 18.2 Å². The summed E-state index contributed by atoms with van der Waals surface area (Å²) in [5.41, 5.74) is 1.50. The van der Waals surface area contributed by atoms with Crippen molar-refractivity contribution in [1.82, 2.24) is 19.7 Å². The van der Waals surface area contributed by atoms with Gasteiger partial charge < -0.3 is 14.5 Å². The Hall–Kier alpha value is -2.22. The van der Waals surface area contributed by atoms with Crippen molar-refractivity contribution in [3.8, 4) is 5.75 Å². The second-order valence-corrected chi connectivity index (χ2v) is 10.2. The molecule has 1 amide bonds. The lowest BCUT2D eigenvalue weighted by molar-refractivity contribution is -0.137. The number of amides is 1. The van der Waals surface area contributed by atoms with Crippen LogP contribution in [-0.2, 0) is 11.3 Å². The third-order valence-electron chi connectivity index (χ3n) is 6.97. The number of pyridine rings is 1. The molecule has 1 atom stereocenters. The van der Waals surface area contributed by atoms with Gasteiger partial charge in [0.05, 0.1) is 18.5 Å². The van der Waals surface area contributed by atoms with Crippen LogP contribution in [-0.4, -0.2) is 78.5 Å². The molecule has 8 heteroatoms. The standard InChI is InChI=1S/C26H34ClFN4O2/c1-20-14-23(6-7-24(20)27)34-19-26(15-25(33)32-12-10-30(2)11-13-32)8-3-9-31(18-26)17-22-5-4-21(28)16-29-22/h4-7,14,16H,3,8-13,15,17-19H2,1-2H3. The monoisotopic (exact) mass is 488 g/mol. The van der Waals surface area contributed by atoms with Gasteiger partial charge in [-0.05, 0) is 69.3 Å². The molecule has 34 heavy (non-hydrogen) atoms. The van der Waals surface area contributed by atoms with Gasteiger partial charge in [-0.2, -0.15) is 0 Å². The molecule has 0 radical (unpaired) electrons. The number of nitrogens with zero attached hydrogens (tertiary/aromatic N) is 4. The van der Waals surface area contributed by atoms with Crippen molar-refractivity contribution < 1.29 is 13.9 Å². The molecule has 1 aromatic carbocycles. The van der Waals surface area contributed by atoms with E-state index in [9.17, 15) is 9.18 Å². The zero-order valence-corrected chi connectivity index (χ0v) is 20.9. The van der Waals surface area contributed by atoms with Gasteiger partial charge in [-0.3, -0.25) is 14.7 Å². The second kappa shape index (κ2) is 11.0. The van der Waals surface area contributed by atoms with Crippen molar-refractivity contribution in [2.45, 2.75) is 32.7 Å². The highest BCUT2D eigenvalue weighted by molar-refractivity contribution is 6.31. The number of carbonyl (C=O) groups is 1. The van der Waals surface area contributed by atoms with Gasteiger partial charge in [-0.25, -0.2) is 4.39 Å². The predicted octanol–water partition coefficient (Wildman–Crippen LogP) is 4.01. The molecule has 2 aliphatic rings. The minimum absolute atomic E-state index is 0.200. The summed E-state index contributed by atoms with van der Waals surface area (Å²) in [7, 11) is 2.09. The molecule has 1 unspecified atom stereocenters. The van der Waals surface area contributed by atoms with Crippen LogP contribution < -0.4 is 4.74 Å². The summed E-state index contributed by atoms with van der Waals surface area (Å²) in [6, 6.07) is 8.85. The van der Waals surface area contributed by atoms with E-state index >= 15 is 0 Å². The van der Waals surface area contributed by atoms with Gasteiger partial charge in [0.15, 0.2) is 0 Å². The van der Waals surface area contributed by atoms with Gasteiger partial charge in [0, 0.05) is 56.1 Å². The maximum Gasteiger partial charge on any atom is 0.223 e. The third kappa shape index (κ3) is 6.46. The predicted molar refractivity (Wildman–Crippen MR) is 132 cm³/mol. The topological polar surface area (TPSA) is 48.9 Å². The number of aromatic nitrogens is 1. The van der Waals surface area contributed by atoms with E-state index < -0.39 is 0 Å². The Morgan fingerprint density at radius 3 is 2.68 bits per heavy atom. The lowest BCUT2D eigenvalue weighted by Gasteiger charge is -2.43. The summed E-state index contributed by atoms with van der Waals surface area (Å²) in [5, 5.41) is 0.711. The first kappa shape index (κ1) is 24.9. The van der Waals surface area contributed by atoms with Crippen molar-refractivity contribution in [2.24, 2.45) is 5.41 Å². The fraction of sp³-hybridized carbons (Fsp3) is 0.538. The minimum atomic E-state index is -0.332. The molecule has 0 bridgehead atoms. The summed E-state index contributed by atoms with van der Waals surface area (Å²) in [5.74, 6) is 0.637. The van der Waals surface area contributed by atoms with E-state index in [1.807, 2.05) is 30.0 Å². The van der Waals surface area contributed by atoms with Crippen molar-refractivity contribution >= 4 is 17.5 Å². The van der Waals surface area contributed by atoms with Crippen LogP contribution in [0.15, 0.2) is 36.5 Å². The van der Waals surface area contributed by atoms with E-state index in [1.165, 1.54) is 12.3 Å². The first-order valence-corrected chi connectivity index (χ1v) is 12.4. The lowest BCUT2D eigenvalue weighted by atomic mass is 9.77. The lowest BCUT2D eigenvalue weighted by Crippen LogP contribution is -2.52. The Morgan fingerprint density at radius 2 is 1.97 bits per heavy atom. The van der Waals surface area contributed by atoms with Crippen molar-refractivity contribution in [3.63, 3.8) is 0 Å². The average Bonchev–Trinajstić information content (AvgIpc) is 2.82. The number of rotatable bonds is 7. The second-order valence-electron chi connectivity index (χ2n) is 9.84. The summed E-state index contributed by atoms with van der Waals surface area (Å²) in [6.07, 6.45) is 3.61. The molecule has 2 saturated heterocycles. The Kier molecular flexibility index (Phi) is 8.06. The molecule has 2 aromatic rings. The Bertz CT molecular complexity index is 981. The van der Waals surface area contributed by atoms with Gasteiger partial charge in [-0.15, -0.1) is 0 Å². The smallest absolute Gasteiger partial charge is 0.223 e. The number of piperazine rings is 1. The van der Waals surface area contributed by atoms with Crippen LogP contribution in [0.3, 0.4) is 0 Å². The molecule has 0 aliphatic carbocycles. The molecule has 6 nitrogen and oxygen atoms in total. The number of ether oxygens (including phenoxy) is 1. The third-order valence-corrected chi connectivity index (χ3v) is 7.40. The van der Waals surface area contributed by atoms with E-state index in [1.54, 1.807) is 6.07 Å². The van der Waals surface area contributed by atoms with E-state index in [4.69, 9.17) is 16.3 Å². The van der Waals surface area contributed by atoms with E-state index in [2.05, 4.69) is 21.8 Å². The summed E-state index contributed by atoms with van der Waals surface area (Å²) < 4.78 is 19.6. The molecule has 3 heterocycles. The molecule has 0 saturated carbocycles. The number of likely N-dealkylation sites (N-methyl/N-ethyl adjacent to an activating group) is 1. The SMILES string of the molecule is Cc1cc(OCC2(CC(=O)N3CCN(C)CC3)CCCN(Cc3ccc(F)cn3)C2)ccc1Cl. The molecule has 1 aromatic heterocycles. The molecular formula is C26H34ClFN4O2. The number of benzene rings is 1. The van der Waals surface area contributed by atoms with Gasteiger partial charge >= 0.3 is 0 Å².